The molecule has 4 rings (SSSR count). The summed E-state index contributed by atoms with van der Waals surface area (Å²) in [4.78, 5) is 0. The largest absolute Gasteiger partial charge is 0.573 e. The molecule has 0 aliphatic rings. The van der Waals surface area contributed by atoms with Crippen LogP contribution in [-0.2, 0) is 12.5 Å². The van der Waals surface area contributed by atoms with Crippen molar-refractivity contribution in [2.45, 2.75) is 25.3 Å². The molecule has 1 atom stereocenters. The van der Waals surface area contributed by atoms with Gasteiger partial charge >= 0.3 is 12.5 Å². The number of hydrogen-bond acceptors (Lipinski definition) is 4. The maximum atomic E-state index is 14.9. The molecule has 4 aromatic carbocycles. The first kappa shape index (κ1) is 32.4. The molecule has 232 valence electrons. The van der Waals surface area contributed by atoms with E-state index in [9.17, 15) is 39.5 Å². The highest BCUT2D eigenvalue weighted by Gasteiger charge is 2.36. The Morgan fingerprint density at radius 1 is 0.705 bits per heavy atom. The first-order chi connectivity index (χ1) is 20.7. The smallest absolute Gasteiger partial charge is 0.429 e. The van der Waals surface area contributed by atoms with E-state index in [-0.39, 0.29) is 11.5 Å². The van der Waals surface area contributed by atoms with Gasteiger partial charge in [-0.05, 0) is 78.2 Å². The quantitative estimate of drug-likeness (QED) is 0.129. The van der Waals surface area contributed by atoms with E-state index < -0.39 is 63.9 Å². The average Bonchev–Trinajstić information content (AvgIpc) is 2.95. The van der Waals surface area contributed by atoms with Crippen LogP contribution in [0.5, 0.6) is 11.5 Å². The standard InChI is InChI=1S/C31H23F9N2O2/c32-25-11-17(1-2-18(15-41)16-42)3-9-23(25)19-4-6-21(7-5-19)30(36,37)43-22-8-10-24(26(33)14-22)20-12-27(34)29(28(35)13-20)44-31(38,39)40/h3-15,18,41H,1-2,16,42H2. The predicted octanol–water partition coefficient (Wildman–Crippen LogP) is 8.76. The van der Waals surface area contributed by atoms with Crippen molar-refractivity contribution in [1.29, 1.82) is 5.41 Å². The molecular formula is C31H23F9N2O2. The molecule has 13 heteroatoms. The summed E-state index contributed by atoms with van der Waals surface area (Å²) in [5.74, 6) is -7.88. The Kier molecular flexibility index (Phi) is 9.57. The fourth-order valence-corrected chi connectivity index (χ4v) is 4.34. The highest BCUT2D eigenvalue weighted by Crippen LogP contribution is 2.37. The Hall–Kier alpha value is -4.52. The molecule has 0 aromatic heterocycles. The van der Waals surface area contributed by atoms with E-state index in [0.29, 0.717) is 48.7 Å². The number of halogens is 9. The highest BCUT2D eigenvalue weighted by molar-refractivity contribution is 5.67. The van der Waals surface area contributed by atoms with Crippen LogP contribution in [0.2, 0.25) is 0 Å². The number of nitrogens with two attached hydrogens (primary N) is 1. The second kappa shape index (κ2) is 13.0. The fraction of sp³-hybridized carbons (Fsp3) is 0.194. The number of hydrogen-bond donors (Lipinski definition) is 2. The first-order valence-corrected chi connectivity index (χ1v) is 12.9. The molecule has 0 saturated heterocycles. The third-order valence-corrected chi connectivity index (χ3v) is 6.62. The number of benzene rings is 4. The minimum absolute atomic E-state index is 0.125. The van der Waals surface area contributed by atoms with Crippen LogP contribution in [0.1, 0.15) is 17.5 Å². The van der Waals surface area contributed by atoms with Crippen molar-refractivity contribution in [3.63, 3.8) is 0 Å². The van der Waals surface area contributed by atoms with E-state index >= 15 is 0 Å². The number of rotatable bonds is 11. The molecule has 4 aromatic rings. The van der Waals surface area contributed by atoms with Gasteiger partial charge in [0.1, 0.15) is 17.4 Å². The summed E-state index contributed by atoms with van der Waals surface area (Å²) in [5, 5.41) is 7.32. The average molecular weight is 627 g/mol. The second-order valence-electron chi connectivity index (χ2n) is 9.67. The van der Waals surface area contributed by atoms with Crippen LogP contribution in [0.25, 0.3) is 22.3 Å². The molecular weight excluding hydrogens is 603 g/mol. The molecule has 0 bridgehead atoms. The molecule has 0 fully saturated rings. The Labute approximate surface area is 245 Å². The van der Waals surface area contributed by atoms with Crippen LogP contribution in [0.3, 0.4) is 0 Å². The van der Waals surface area contributed by atoms with Crippen molar-refractivity contribution < 1.29 is 49.0 Å². The van der Waals surface area contributed by atoms with E-state index in [2.05, 4.69) is 9.47 Å². The second-order valence-corrected chi connectivity index (χ2v) is 9.67. The van der Waals surface area contributed by atoms with Crippen LogP contribution in [-0.4, -0.2) is 19.1 Å². The SMILES string of the molecule is N=CC(CN)CCc1ccc(-c2ccc(C(F)(F)Oc3ccc(-c4cc(F)c(OC(F)(F)F)c(F)c4)c(F)c3)cc2)c(F)c1. The third-order valence-electron chi connectivity index (χ3n) is 6.62. The van der Waals surface area contributed by atoms with Gasteiger partial charge in [-0.3, -0.25) is 0 Å². The lowest BCUT2D eigenvalue weighted by Crippen LogP contribution is -2.21. The summed E-state index contributed by atoms with van der Waals surface area (Å²) >= 11 is 0. The lowest BCUT2D eigenvalue weighted by Gasteiger charge is -2.19. The number of alkyl halides is 5. The van der Waals surface area contributed by atoms with Gasteiger partial charge in [-0.2, -0.15) is 8.78 Å². The van der Waals surface area contributed by atoms with Gasteiger partial charge in [0.2, 0.25) is 5.75 Å². The Morgan fingerprint density at radius 2 is 1.30 bits per heavy atom. The molecule has 0 heterocycles. The van der Waals surface area contributed by atoms with E-state index in [1.54, 1.807) is 6.07 Å². The summed E-state index contributed by atoms with van der Waals surface area (Å²) in [6, 6.07) is 12.1. The van der Waals surface area contributed by atoms with E-state index in [0.717, 1.165) is 24.3 Å². The molecule has 0 radical (unpaired) electrons. The van der Waals surface area contributed by atoms with Crippen LogP contribution in [0.15, 0.2) is 72.8 Å². The zero-order valence-electron chi connectivity index (χ0n) is 22.5. The third kappa shape index (κ3) is 7.70. The number of nitrogens with one attached hydrogen (secondary N) is 1. The van der Waals surface area contributed by atoms with E-state index in [4.69, 9.17) is 11.1 Å². The maximum absolute atomic E-state index is 14.9. The Balaban J connectivity index is 1.48. The summed E-state index contributed by atoms with van der Waals surface area (Å²) in [6.45, 7) is 0.301. The van der Waals surface area contributed by atoms with Crippen LogP contribution in [0, 0.1) is 34.6 Å². The van der Waals surface area contributed by atoms with Crippen LogP contribution in [0.4, 0.5) is 39.5 Å². The molecule has 0 saturated carbocycles. The highest BCUT2D eigenvalue weighted by atomic mass is 19.4. The van der Waals surface area contributed by atoms with E-state index in [1.165, 1.54) is 30.5 Å². The number of aryl methyl sites for hydroxylation is 1. The van der Waals surface area contributed by atoms with Gasteiger partial charge in [-0.25, -0.2) is 17.6 Å². The molecule has 0 aliphatic carbocycles. The lowest BCUT2D eigenvalue weighted by atomic mass is 9.97. The van der Waals surface area contributed by atoms with Crippen molar-refractivity contribution >= 4 is 6.21 Å². The van der Waals surface area contributed by atoms with Crippen molar-refractivity contribution in [1.82, 2.24) is 0 Å². The van der Waals surface area contributed by atoms with Gasteiger partial charge in [0.15, 0.2) is 11.6 Å². The normalized spacial score (nSPS) is 12.6. The zero-order chi connectivity index (χ0) is 32.2. The summed E-state index contributed by atoms with van der Waals surface area (Å²) in [5.41, 5.74) is 5.04. The van der Waals surface area contributed by atoms with E-state index in [1.807, 2.05) is 0 Å². The monoisotopic (exact) mass is 626 g/mol. The molecule has 1 unspecified atom stereocenters. The van der Waals surface area contributed by atoms with Crippen molar-refractivity contribution in [3.8, 4) is 33.8 Å². The molecule has 4 nitrogen and oxygen atoms in total. The molecule has 0 amide bonds. The van der Waals surface area contributed by atoms with Gasteiger partial charge < -0.3 is 20.6 Å². The number of ether oxygens (including phenoxy) is 2. The minimum Gasteiger partial charge on any atom is -0.429 e. The van der Waals surface area contributed by atoms with Gasteiger partial charge in [0.25, 0.3) is 0 Å². The van der Waals surface area contributed by atoms with Gasteiger partial charge in [-0.15, -0.1) is 13.2 Å². The first-order valence-electron chi connectivity index (χ1n) is 12.9. The zero-order valence-corrected chi connectivity index (χ0v) is 22.5. The maximum Gasteiger partial charge on any atom is 0.573 e. The van der Waals surface area contributed by atoms with Gasteiger partial charge in [0.05, 0.1) is 5.56 Å². The molecule has 3 N–H and O–H groups in total. The summed E-state index contributed by atoms with van der Waals surface area (Å²) in [7, 11) is 0. The topological polar surface area (TPSA) is 68.3 Å². The van der Waals surface area contributed by atoms with Crippen molar-refractivity contribution in [2.24, 2.45) is 11.7 Å². The Bertz CT molecular complexity index is 1620. The molecule has 0 spiro atoms. The summed E-state index contributed by atoms with van der Waals surface area (Å²) in [6.07, 6.45) is -7.06. The molecule has 44 heavy (non-hydrogen) atoms. The van der Waals surface area contributed by atoms with Crippen molar-refractivity contribution in [2.75, 3.05) is 6.54 Å². The Morgan fingerprint density at radius 3 is 1.84 bits per heavy atom. The van der Waals surface area contributed by atoms with Gasteiger partial charge in [-0.1, -0.05) is 24.3 Å². The predicted molar refractivity (Wildman–Crippen MR) is 144 cm³/mol. The fourth-order valence-electron chi connectivity index (χ4n) is 4.34. The lowest BCUT2D eigenvalue weighted by molar-refractivity contribution is -0.276. The van der Waals surface area contributed by atoms with Crippen molar-refractivity contribution in [3.05, 3.63) is 107 Å². The van der Waals surface area contributed by atoms with Gasteiger partial charge in [0, 0.05) is 29.7 Å². The summed E-state index contributed by atoms with van der Waals surface area (Å²) < 4.78 is 133. The van der Waals surface area contributed by atoms with Crippen LogP contribution >= 0.6 is 0 Å². The molecule has 0 aliphatic heterocycles. The minimum atomic E-state index is -5.38. The van der Waals surface area contributed by atoms with Crippen LogP contribution < -0.4 is 15.2 Å².